The number of rotatable bonds is 10. The molecule has 0 radical (unpaired) electrons. The monoisotopic (exact) mass is 469 g/mol. The molecule has 2 aromatic heterocycles. The fourth-order valence-corrected chi connectivity index (χ4v) is 4.20. The van der Waals surface area contributed by atoms with Crippen LogP contribution in [-0.2, 0) is 4.79 Å². The summed E-state index contributed by atoms with van der Waals surface area (Å²) in [7, 11) is 0. The highest BCUT2D eigenvalue weighted by Crippen LogP contribution is 2.31. The summed E-state index contributed by atoms with van der Waals surface area (Å²) in [6.45, 7) is 2.64. The van der Waals surface area contributed by atoms with E-state index in [0.717, 1.165) is 63.8 Å². The average Bonchev–Trinajstić information content (AvgIpc) is 3.51. The molecule has 0 spiro atoms. The highest BCUT2D eigenvalue weighted by molar-refractivity contribution is 6.08. The van der Waals surface area contributed by atoms with Crippen LogP contribution in [0.2, 0.25) is 0 Å². The number of nitrogens with zero attached hydrogens (tertiary/aromatic N) is 2. The zero-order valence-corrected chi connectivity index (χ0v) is 19.6. The number of aromatic amines is 1. The quantitative estimate of drug-likeness (QED) is 0.262. The number of hydrogen-bond donors (Lipinski definition) is 1. The maximum Gasteiger partial charge on any atom is 0.329 e. The SMILES string of the molecule is CC(=O)On1c2ccccc2c2ccc(OCCCCCOc3ccccc3-c3cc[nH]n3)cc21. The number of ether oxygens (including phenoxy) is 2. The molecule has 5 aromatic rings. The van der Waals surface area contributed by atoms with Crippen LogP contribution in [0.25, 0.3) is 33.1 Å². The molecule has 3 aromatic carbocycles. The molecule has 0 unspecified atom stereocenters. The smallest absolute Gasteiger partial charge is 0.329 e. The molecule has 2 heterocycles. The van der Waals surface area contributed by atoms with E-state index in [1.807, 2.05) is 72.8 Å². The number of nitrogens with one attached hydrogen (secondary N) is 1. The molecular weight excluding hydrogens is 442 g/mol. The summed E-state index contributed by atoms with van der Waals surface area (Å²) in [5, 5.41) is 9.14. The van der Waals surface area contributed by atoms with Gasteiger partial charge in [0.2, 0.25) is 0 Å². The average molecular weight is 470 g/mol. The summed E-state index contributed by atoms with van der Waals surface area (Å²) < 4.78 is 13.6. The molecule has 7 heteroatoms. The Hall–Kier alpha value is -4.26. The topological polar surface area (TPSA) is 78.4 Å². The Morgan fingerprint density at radius 3 is 2.46 bits per heavy atom. The summed E-state index contributed by atoms with van der Waals surface area (Å²) in [6, 6.07) is 23.6. The van der Waals surface area contributed by atoms with Gasteiger partial charge in [0.15, 0.2) is 0 Å². The van der Waals surface area contributed by atoms with Gasteiger partial charge >= 0.3 is 5.97 Å². The van der Waals surface area contributed by atoms with Crippen molar-refractivity contribution in [1.82, 2.24) is 14.9 Å². The third kappa shape index (κ3) is 4.99. The van der Waals surface area contributed by atoms with Gasteiger partial charge in [-0.25, -0.2) is 4.79 Å². The Labute approximate surface area is 203 Å². The Balaban J connectivity index is 1.14. The number of benzene rings is 3. The number of fused-ring (bicyclic) bond motifs is 3. The predicted molar refractivity (Wildman–Crippen MR) is 136 cm³/mol. The maximum absolute atomic E-state index is 11.7. The first-order valence-corrected chi connectivity index (χ1v) is 11.8. The zero-order chi connectivity index (χ0) is 24.0. The van der Waals surface area contributed by atoms with Crippen LogP contribution in [0.4, 0.5) is 0 Å². The van der Waals surface area contributed by atoms with E-state index in [1.54, 1.807) is 10.9 Å². The number of hydrogen-bond acceptors (Lipinski definition) is 5. The van der Waals surface area contributed by atoms with Gasteiger partial charge in [-0.1, -0.05) is 30.3 Å². The van der Waals surface area contributed by atoms with Crippen LogP contribution in [0.15, 0.2) is 79.0 Å². The van der Waals surface area contributed by atoms with Crippen molar-refractivity contribution in [2.24, 2.45) is 0 Å². The highest BCUT2D eigenvalue weighted by Gasteiger charge is 2.14. The van der Waals surface area contributed by atoms with Crippen LogP contribution in [0.3, 0.4) is 0 Å². The van der Waals surface area contributed by atoms with E-state index < -0.39 is 0 Å². The lowest BCUT2D eigenvalue weighted by atomic mass is 10.1. The fraction of sp³-hybridized carbons (Fsp3) is 0.214. The molecule has 178 valence electrons. The van der Waals surface area contributed by atoms with Crippen LogP contribution in [0.5, 0.6) is 11.5 Å². The second kappa shape index (κ2) is 10.3. The van der Waals surface area contributed by atoms with Crippen molar-refractivity contribution >= 4 is 27.8 Å². The lowest BCUT2D eigenvalue weighted by Crippen LogP contribution is -2.15. The van der Waals surface area contributed by atoms with Crippen molar-refractivity contribution < 1.29 is 19.1 Å². The predicted octanol–water partition coefficient (Wildman–Crippen LogP) is 5.79. The number of carbonyl (C=O) groups is 1. The first-order chi connectivity index (χ1) is 17.2. The summed E-state index contributed by atoms with van der Waals surface area (Å²) in [4.78, 5) is 17.1. The molecule has 0 amide bonds. The Kier molecular flexibility index (Phi) is 6.66. The van der Waals surface area contributed by atoms with E-state index in [9.17, 15) is 4.79 Å². The van der Waals surface area contributed by atoms with Gasteiger partial charge in [0.05, 0.1) is 29.9 Å². The van der Waals surface area contributed by atoms with Gasteiger partial charge in [0.25, 0.3) is 0 Å². The number of para-hydroxylation sites is 2. The molecule has 0 bridgehead atoms. The number of H-pyrrole nitrogens is 1. The highest BCUT2D eigenvalue weighted by atomic mass is 16.7. The van der Waals surface area contributed by atoms with Gasteiger partial charge in [-0.15, -0.1) is 0 Å². The van der Waals surface area contributed by atoms with Crippen LogP contribution >= 0.6 is 0 Å². The van der Waals surface area contributed by atoms with E-state index >= 15 is 0 Å². The third-order valence-corrected chi connectivity index (χ3v) is 5.80. The first-order valence-electron chi connectivity index (χ1n) is 11.8. The zero-order valence-electron chi connectivity index (χ0n) is 19.6. The Bertz CT molecular complexity index is 1440. The largest absolute Gasteiger partial charge is 0.494 e. The normalized spacial score (nSPS) is 11.1. The number of carbonyl (C=O) groups excluding carboxylic acids is 1. The van der Waals surface area contributed by atoms with Crippen molar-refractivity contribution in [2.75, 3.05) is 13.2 Å². The molecular formula is C28H27N3O4. The first kappa shape index (κ1) is 22.5. The molecule has 0 aliphatic carbocycles. The van der Waals surface area contributed by atoms with Gasteiger partial charge in [-0.2, -0.15) is 9.83 Å². The van der Waals surface area contributed by atoms with Gasteiger partial charge in [-0.05, 0) is 55.7 Å². The summed E-state index contributed by atoms with van der Waals surface area (Å²) in [5.41, 5.74) is 3.52. The molecule has 0 aliphatic heterocycles. The van der Waals surface area contributed by atoms with Gasteiger partial charge < -0.3 is 14.3 Å². The van der Waals surface area contributed by atoms with Crippen molar-refractivity contribution in [3.63, 3.8) is 0 Å². The van der Waals surface area contributed by atoms with Gasteiger partial charge in [-0.3, -0.25) is 5.10 Å². The molecule has 0 aliphatic rings. The van der Waals surface area contributed by atoms with Crippen molar-refractivity contribution in [3.8, 4) is 22.8 Å². The molecule has 0 saturated heterocycles. The molecule has 0 saturated carbocycles. The lowest BCUT2D eigenvalue weighted by Gasteiger charge is -2.10. The Morgan fingerprint density at radius 2 is 1.63 bits per heavy atom. The lowest BCUT2D eigenvalue weighted by molar-refractivity contribution is -0.140. The van der Waals surface area contributed by atoms with E-state index in [4.69, 9.17) is 14.3 Å². The number of aromatic nitrogens is 3. The molecule has 7 nitrogen and oxygen atoms in total. The minimum absolute atomic E-state index is 0.367. The Morgan fingerprint density at radius 1 is 0.857 bits per heavy atom. The van der Waals surface area contributed by atoms with E-state index in [0.29, 0.717) is 13.2 Å². The molecule has 35 heavy (non-hydrogen) atoms. The summed E-state index contributed by atoms with van der Waals surface area (Å²) in [5.74, 6) is 1.22. The van der Waals surface area contributed by atoms with Crippen molar-refractivity contribution in [3.05, 3.63) is 79.0 Å². The summed E-state index contributed by atoms with van der Waals surface area (Å²) >= 11 is 0. The van der Waals surface area contributed by atoms with E-state index in [1.165, 1.54) is 6.92 Å². The fourth-order valence-electron chi connectivity index (χ4n) is 4.20. The minimum Gasteiger partial charge on any atom is -0.494 e. The maximum atomic E-state index is 11.7. The van der Waals surface area contributed by atoms with Crippen molar-refractivity contribution in [1.29, 1.82) is 0 Å². The molecule has 5 rings (SSSR count). The molecule has 1 N–H and O–H groups in total. The third-order valence-electron chi connectivity index (χ3n) is 5.80. The molecule has 0 fully saturated rings. The van der Waals surface area contributed by atoms with Crippen LogP contribution < -0.4 is 14.3 Å². The standard InChI is InChI=1S/C28H27N3O4/c1-20(32)35-31-26-11-5-3-9-22(26)23-14-13-21(19-27(23)31)33-17-7-2-8-18-34-28-12-6-4-10-24(28)25-15-16-29-30-25/h3-6,9-16,19H,2,7-8,17-18H2,1H3,(H,29,30). The van der Waals surface area contributed by atoms with Crippen molar-refractivity contribution in [2.45, 2.75) is 26.2 Å². The van der Waals surface area contributed by atoms with Gasteiger partial charge in [0, 0.05) is 35.5 Å². The second-order valence-electron chi connectivity index (χ2n) is 8.29. The minimum atomic E-state index is -0.367. The van der Waals surface area contributed by atoms with Crippen LogP contribution in [-0.4, -0.2) is 34.1 Å². The van der Waals surface area contributed by atoms with Crippen LogP contribution in [0, 0.1) is 0 Å². The van der Waals surface area contributed by atoms with Gasteiger partial charge in [0.1, 0.15) is 11.5 Å². The van der Waals surface area contributed by atoms with Crippen LogP contribution in [0.1, 0.15) is 26.2 Å². The number of unbranched alkanes of at least 4 members (excludes halogenated alkanes) is 2. The molecule has 0 atom stereocenters. The van der Waals surface area contributed by atoms with E-state index in [-0.39, 0.29) is 5.97 Å². The summed E-state index contributed by atoms with van der Waals surface area (Å²) in [6.07, 6.45) is 4.63. The van der Waals surface area contributed by atoms with E-state index in [2.05, 4.69) is 10.2 Å². The second-order valence-corrected chi connectivity index (χ2v) is 8.29.